The van der Waals surface area contributed by atoms with Crippen LogP contribution in [-0.4, -0.2) is 6.04 Å². The summed E-state index contributed by atoms with van der Waals surface area (Å²) in [6.45, 7) is 8.68. The van der Waals surface area contributed by atoms with Crippen LogP contribution in [0.25, 0.3) is 0 Å². The van der Waals surface area contributed by atoms with E-state index in [1.165, 1.54) is 32.4 Å². The van der Waals surface area contributed by atoms with Gasteiger partial charge in [0.05, 0.1) is 0 Å². The Morgan fingerprint density at radius 3 is 2.33 bits per heavy atom. The summed E-state index contributed by atoms with van der Waals surface area (Å²) in [4.78, 5) is 0. The van der Waals surface area contributed by atoms with E-state index in [2.05, 4.69) is 85.3 Å². The van der Waals surface area contributed by atoms with Crippen molar-refractivity contribution in [2.24, 2.45) is 0 Å². The first-order valence-corrected chi connectivity index (χ1v) is 8.34. The molecule has 1 nitrogen and oxygen atoms in total. The van der Waals surface area contributed by atoms with Crippen LogP contribution < -0.4 is 5.32 Å². The number of anilines is 1. The maximum atomic E-state index is 3.62. The van der Waals surface area contributed by atoms with Crippen molar-refractivity contribution in [2.75, 3.05) is 5.32 Å². The quantitative estimate of drug-likeness (QED) is 0.721. The molecule has 2 aromatic carbocycles. The number of aryl methyl sites for hydroxylation is 4. The molecular formula is C19H24BrN. The van der Waals surface area contributed by atoms with Crippen LogP contribution in [0.3, 0.4) is 0 Å². The van der Waals surface area contributed by atoms with Crippen LogP contribution in [0, 0.1) is 20.8 Å². The first kappa shape index (κ1) is 16.1. The van der Waals surface area contributed by atoms with Gasteiger partial charge in [0.2, 0.25) is 0 Å². The lowest BCUT2D eigenvalue weighted by atomic mass is 10.0. The summed E-state index contributed by atoms with van der Waals surface area (Å²) in [6.07, 6.45) is 2.25. The fraction of sp³-hybridized carbons (Fsp3) is 0.368. The third kappa shape index (κ3) is 4.60. The molecule has 0 saturated heterocycles. The van der Waals surface area contributed by atoms with Crippen molar-refractivity contribution in [1.29, 1.82) is 0 Å². The molecule has 1 atom stereocenters. The number of halogens is 1. The summed E-state index contributed by atoms with van der Waals surface area (Å²) in [5, 5.41) is 3.61. The number of benzene rings is 2. The van der Waals surface area contributed by atoms with Crippen molar-refractivity contribution in [1.82, 2.24) is 0 Å². The van der Waals surface area contributed by atoms with E-state index >= 15 is 0 Å². The minimum absolute atomic E-state index is 0.463. The largest absolute Gasteiger partial charge is 0.383 e. The molecule has 1 N–H and O–H groups in total. The monoisotopic (exact) mass is 345 g/mol. The van der Waals surface area contributed by atoms with Gasteiger partial charge in [0.1, 0.15) is 0 Å². The van der Waals surface area contributed by atoms with Gasteiger partial charge in [-0.1, -0.05) is 45.8 Å². The highest BCUT2D eigenvalue weighted by atomic mass is 79.9. The fourth-order valence-electron chi connectivity index (χ4n) is 2.64. The average Bonchev–Trinajstić information content (AvgIpc) is 2.42. The molecule has 21 heavy (non-hydrogen) atoms. The molecule has 1 unspecified atom stereocenters. The van der Waals surface area contributed by atoms with Gasteiger partial charge in [-0.15, -0.1) is 0 Å². The van der Waals surface area contributed by atoms with Gasteiger partial charge in [-0.05, 0) is 69.4 Å². The summed E-state index contributed by atoms with van der Waals surface area (Å²) in [6, 6.07) is 13.7. The zero-order valence-electron chi connectivity index (χ0n) is 13.3. The molecule has 112 valence electrons. The van der Waals surface area contributed by atoms with Crippen LogP contribution in [-0.2, 0) is 6.42 Å². The topological polar surface area (TPSA) is 12.0 Å². The lowest BCUT2D eigenvalue weighted by Gasteiger charge is -2.17. The van der Waals surface area contributed by atoms with Crippen molar-refractivity contribution in [3.63, 3.8) is 0 Å². The first-order valence-electron chi connectivity index (χ1n) is 7.54. The zero-order valence-corrected chi connectivity index (χ0v) is 14.9. The molecule has 0 aliphatic rings. The highest BCUT2D eigenvalue weighted by Gasteiger charge is 2.06. The number of nitrogens with one attached hydrogen (secondary N) is 1. The van der Waals surface area contributed by atoms with Crippen LogP contribution >= 0.6 is 15.9 Å². The van der Waals surface area contributed by atoms with E-state index in [9.17, 15) is 0 Å². The number of hydrogen-bond donors (Lipinski definition) is 1. The summed E-state index contributed by atoms with van der Waals surface area (Å²) in [7, 11) is 0. The third-order valence-corrected chi connectivity index (χ3v) is 5.05. The van der Waals surface area contributed by atoms with Crippen LogP contribution in [0.1, 0.15) is 35.6 Å². The molecule has 0 heterocycles. The van der Waals surface area contributed by atoms with Crippen molar-refractivity contribution >= 4 is 21.6 Å². The van der Waals surface area contributed by atoms with Gasteiger partial charge in [0.15, 0.2) is 0 Å². The zero-order chi connectivity index (χ0) is 15.4. The van der Waals surface area contributed by atoms with Gasteiger partial charge < -0.3 is 5.32 Å². The minimum atomic E-state index is 0.463. The molecule has 2 heteroatoms. The second-order valence-electron chi connectivity index (χ2n) is 6.00. The molecule has 0 radical (unpaired) electrons. The van der Waals surface area contributed by atoms with Gasteiger partial charge in [-0.3, -0.25) is 0 Å². The lowest BCUT2D eigenvalue weighted by molar-refractivity contribution is 0.706. The fourth-order valence-corrected chi connectivity index (χ4v) is 2.87. The van der Waals surface area contributed by atoms with Crippen molar-refractivity contribution in [2.45, 2.75) is 46.6 Å². The Hall–Kier alpha value is -1.28. The Bertz CT molecular complexity index is 596. The summed E-state index contributed by atoms with van der Waals surface area (Å²) < 4.78 is 1.21. The molecule has 2 aromatic rings. The van der Waals surface area contributed by atoms with Crippen molar-refractivity contribution in [3.8, 4) is 0 Å². The van der Waals surface area contributed by atoms with E-state index in [0.29, 0.717) is 6.04 Å². The molecule has 0 aliphatic carbocycles. The molecule has 2 rings (SSSR count). The predicted molar refractivity (Wildman–Crippen MR) is 96.2 cm³/mol. The van der Waals surface area contributed by atoms with Gasteiger partial charge in [-0.2, -0.15) is 0 Å². The van der Waals surface area contributed by atoms with Gasteiger partial charge >= 0.3 is 0 Å². The van der Waals surface area contributed by atoms with Crippen LogP contribution in [0.5, 0.6) is 0 Å². The molecule has 0 spiro atoms. The van der Waals surface area contributed by atoms with E-state index < -0.39 is 0 Å². The van der Waals surface area contributed by atoms with Crippen molar-refractivity contribution in [3.05, 3.63) is 63.1 Å². The lowest BCUT2D eigenvalue weighted by Crippen LogP contribution is -2.16. The maximum Gasteiger partial charge on any atom is 0.0348 e. The highest BCUT2D eigenvalue weighted by Crippen LogP contribution is 2.25. The van der Waals surface area contributed by atoms with Gasteiger partial charge in [-0.25, -0.2) is 0 Å². The van der Waals surface area contributed by atoms with E-state index in [1.807, 2.05) is 0 Å². The molecule has 0 saturated carbocycles. The first-order chi connectivity index (χ1) is 9.95. The van der Waals surface area contributed by atoms with E-state index in [0.717, 1.165) is 12.8 Å². The Labute approximate surface area is 136 Å². The van der Waals surface area contributed by atoms with Gasteiger partial charge in [0.25, 0.3) is 0 Å². The third-order valence-electron chi connectivity index (χ3n) is 3.80. The Kier molecular flexibility index (Phi) is 5.46. The normalized spacial score (nSPS) is 12.2. The Balaban J connectivity index is 1.94. The smallest absolute Gasteiger partial charge is 0.0348 e. The van der Waals surface area contributed by atoms with Crippen LogP contribution in [0.15, 0.2) is 40.9 Å². The Morgan fingerprint density at radius 2 is 1.71 bits per heavy atom. The molecule has 0 bridgehead atoms. The summed E-state index contributed by atoms with van der Waals surface area (Å²) >= 11 is 3.62. The molecular weight excluding hydrogens is 322 g/mol. The van der Waals surface area contributed by atoms with E-state index in [-0.39, 0.29) is 0 Å². The minimum Gasteiger partial charge on any atom is -0.383 e. The van der Waals surface area contributed by atoms with Crippen LogP contribution in [0.2, 0.25) is 0 Å². The molecule has 0 fully saturated rings. The molecule has 0 amide bonds. The van der Waals surface area contributed by atoms with Crippen LogP contribution in [0.4, 0.5) is 5.69 Å². The summed E-state index contributed by atoms with van der Waals surface area (Å²) in [5.74, 6) is 0. The summed E-state index contributed by atoms with van der Waals surface area (Å²) in [5.41, 5.74) is 6.54. The van der Waals surface area contributed by atoms with Crippen molar-refractivity contribution < 1.29 is 0 Å². The predicted octanol–water partition coefficient (Wildman–Crippen LogP) is 5.81. The standard InChI is InChI=1S/C19H24BrN/c1-13-6-5-7-17(10-13)9-8-16(4)21-18-11-14(2)19(20)15(3)12-18/h5-7,10-12,16,21H,8-9H2,1-4H3. The van der Waals surface area contributed by atoms with E-state index in [4.69, 9.17) is 0 Å². The molecule has 0 aromatic heterocycles. The maximum absolute atomic E-state index is 3.62. The highest BCUT2D eigenvalue weighted by molar-refractivity contribution is 9.10. The Morgan fingerprint density at radius 1 is 1.05 bits per heavy atom. The van der Waals surface area contributed by atoms with E-state index in [1.54, 1.807) is 0 Å². The number of hydrogen-bond acceptors (Lipinski definition) is 1. The number of rotatable bonds is 5. The van der Waals surface area contributed by atoms with Gasteiger partial charge in [0, 0.05) is 16.2 Å². The second kappa shape index (κ2) is 7.13. The SMILES string of the molecule is Cc1cccc(CCC(C)Nc2cc(C)c(Br)c(C)c2)c1. The second-order valence-corrected chi connectivity index (χ2v) is 6.79. The average molecular weight is 346 g/mol. The molecule has 0 aliphatic heterocycles.